The number of ether oxygens (including phenoxy) is 6. The van der Waals surface area contributed by atoms with E-state index in [0.717, 1.165) is 32.2 Å². The van der Waals surface area contributed by atoms with Gasteiger partial charge in [0, 0.05) is 38.6 Å². The van der Waals surface area contributed by atoms with Gasteiger partial charge in [0.05, 0.1) is 14.2 Å². The Morgan fingerprint density at radius 2 is 1.09 bits per heavy atom. The van der Waals surface area contributed by atoms with Crippen molar-refractivity contribution in [3.63, 3.8) is 0 Å². The van der Waals surface area contributed by atoms with Gasteiger partial charge >= 0.3 is 18.2 Å². The van der Waals surface area contributed by atoms with Crippen molar-refractivity contribution in [3.8, 4) is 23.0 Å². The Morgan fingerprint density at radius 3 is 1.50 bits per heavy atom. The summed E-state index contributed by atoms with van der Waals surface area (Å²) in [6.07, 6.45) is 3.63. The van der Waals surface area contributed by atoms with Crippen molar-refractivity contribution >= 4 is 23.9 Å². The molecule has 320 valence electrons. The smallest absolute Gasteiger partial charge is 0.410 e. The number of methoxy groups -OCH3 is 2. The highest BCUT2D eigenvalue weighted by molar-refractivity contribution is 5.80. The molecule has 14 nitrogen and oxygen atoms in total. The molecule has 2 aliphatic heterocycles. The summed E-state index contributed by atoms with van der Waals surface area (Å²) in [5.74, 6) is 1.29. The van der Waals surface area contributed by atoms with Crippen LogP contribution in [0.3, 0.4) is 0 Å². The normalized spacial score (nSPS) is 16.2. The lowest BCUT2D eigenvalue weighted by molar-refractivity contribution is -0.139. The van der Waals surface area contributed by atoms with E-state index in [2.05, 4.69) is 0 Å². The summed E-state index contributed by atoms with van der Waals surface area (Å²) < 4.78 is 31.4. The first kappa shape index (κ1) is 53.4. The van der Waals surface area contributed by atoms with Crippen LogP contribution in [0.15, 0.2) is 48.5 Å². The van der Waals surface area contributed by atoms with Crippen LogP contribution in [0.4, 0.5) is 9.59 Å². The SMILES string of the molecule is C.C.C.CC(C)(C)OC(=O)N1CCCC(N)C1.COc1ccccc1OCC(=O)CC1CCCN(C(=O)OC(C)(C)C)C1.COc1ccccc1OCC(=O)O. The molecular weight excluding hydrogens is 722 g/mol. The highest BCUT2D eigenvalue weighted by Gasteiger charge is 2.29. The minimum absolute atomic E-state index is 0. The first-order valence-corrected chi connectivity index (χ1v) is 17.9. The van der Waals surface area contributed by atoms with Crippen LogP contribution < -0.4 is 24.7 Å². The number of ketones is 1. The first-order chi connectivity index (χ1) is 24.9. The van der Waals surface area contributed by atoms with Crippen molar-refractivity contribution in [1.29, 1.82) is 0 Å². The van der Waals surface area contributed by atoms with Gasteiger partial charge in [0.15, 0.2) is 35.4 Å². The zero-order chi connectivity index (χ0) is 39.6. The average Bonchev–Trinajstić information content (AvgIpc) is 3.09. The molecule has 0 radical (unpaired) electrons. The third-order valence-corrected chi connectivity index (χ3v) is 7.67. The maximum Gasteiger partial charge on any atom is 0.410 e. The molecule has 2 fully saturated rings. The summed E-state index contributed by atoms with van der Waals surface area (Å²) in [5.41, 5.74) is 4.85. The average molecular weight is 794 g/mol. The Hall–Kier alpha value is -4.72. The molecule has 0 spiro atoms. The van der Waals surface area contributed by atoms with Crippen molar-refractivity contribution in [2.24, 2.45) is 11.7 Å². The molecular formula is C42H71N3O11. The third-order valence-electron chi connectivity index (χ3n) is 7.67. The van der Waals surface area contributed by atoms with E-state index in [-0.39, 0.29) is 65.4 Å². The number of hydrogen-bond acceptors (Lipinski definition) is 11. The second-order valence-corrected chi connectivity index (χ2v) is 14.8. The zero-order valence-electron chi connectivity index (χ0n) is 32.6. The van der Waals surface area contributed by atoms with Crippen LogP contribution in [0.5, 0.6) is 23.0 Å². The molecule has 3 N–H and O–H groups in total. The first-order valence-electron chi connectivity index (χ1n) is 17.9. The maximum absolute atomic E-state index is 12.3. The molecule has 56 heavy (non-hydrogen) atoms. The summed E-state index contributed by atoms with van der Waals surface area (Å²) in [6.45, 7) is 13.4. The van der Waals surface area contributed by atoms with Gasteiger partial charge in [0.25, 0.3) is 0 Å². The summed E-state index contributed by atoms with van der Waals surface area (Å²) in [5, 5.41) is 8.37. The number of rotatable bonds is 10. The lowest BCUT2D eigenvalue weighted by Crippen LogP contribution is -2.47. The monoisotopic (exact) mass is 794 g/mol. The minimum Gasteiger partial charge on any atom is -0.493 e. The number of para-hydroxylation sites is 4. The Balaban J connectivity index is 0. The molecule has 0 aromatic heterocycles. The van der Waals surface area contributed by atoms with E-state index >= 15 is 0 Å². The van der Waals surface area contributed by atoms with Gasteiger partial charge in [-0.05, 0) is 97.4 Å². The van der Waals surface area contributed by atoms with Gasteiger partial charge in [0.1, 0.15) is 17.8 Å². The number of aliphatic carboxylic acids is 1. The number of carboxylic acid groups (broad SMARTS) is 1. The summed E-state index contributed by atoms with van der Waals surface area (Å²) in [7, 11) is 3.07. The van der Waals surface area contributed by atoms with Crippen molar-refractivity contribution < 1.29 is 52.7 Å². The highest BCUT2D eigenvalue weighted by Crippen LogP contribution is 2.27. The number of likely N-dealkylation sites (tertiary alicyclic amines) is 2. The van der Waals surface area contributed by atoms with E-state index in [0.29, 0.717) is 49.1 Å². The fourth-order valence-corrected chi connectivity index (χ4v) is 5.38. The second-order valence-electron chi connectivity index (χ2n) is 14.8. The molecule has 2 saturated heterocycles. The van der Waals surface area contributed by atoms with Crippen molar-refractivity contribution in [2.45, 2.75) is 113 Å². The van der Waals surface area contributed by atoms with E-state index < -0.39 is 17.2 Å². The van der Waals surface area contributed by atoms with E-state index in [4.69, 9.17) is 39.3 Å². The number of nitrogens with zero attached hydrogens (tertiary/aromatic N) is 2. The lowest BCUT2D eigenvalue weighted by atomic mass is 9.93. The highest BCUT2D eigenvalue weighted by atomic mass is 16.6. The molecule has 2 aliphatic rings. The summed E-state index contributed by atoms with van der Waals surface area (Å²) >= 11 is 0. The van der Waals surface area contributed by atoms with Gasteiger partial charge in [0.2, 0.25) is 0 Å². The van der Waals surface area contributed by atoms with E-state index in [1.165, 1.54) is 7.11 Å². The zero-order valence-corrected chi connectivity index (χ0v) is 32.6. The van der Waals surface area contributed by atoms with Gasteiger partial charge in [-0.3, -0.25) is 4.79 Å². The Bertz CT molecular complexity index is 1460. The van der Waals surface area contributed by atoms with Crippen LogP contribution >= 0.6 is 0 Å². The third kappa shape index (κ3) is 21.4. The van der Waals surface area contributed by atoms with E-state index in [9.17, 15) is 19.2 Å². The van der Waals surface area contributed by atoms with Crippen LogP contribution in [0, 0.1) is 5.92 Å². The molecule has 0 bridgehead atoms. The number of amides is 2. The molecule has 2 unspecified atom stereocenters. The molecule has 2 amide bonds. The van der Waals surface area contributed by atoms with Crippen molar-refractivity contribution in [3.05, 3.63) is 48.5 Å². The van der Waals surface area contributed by atoms with Crippen LogP contribution in [-0.2, 0) is 19.1 Å². The molecule has 2 atom stereocenters. The van der Waals surface area contributed by atoms with Gasteiger partial charge in [-0.1, -0.05) is 46.5 Å². The van der Waals surface area contributed by atoms with Gasteiger partial charge < -0.3 is 49.1 Å². The van der Waals surface area contributed by atoms with Crippen molar-refractivity contribution in [2.75, 3.05) is 53.6 Å². The Morgan fingerprint density at radius 1 is 0.679 bits per heavy atom. The standard InChI is InChI=1S/C20H29NO5.C10H20N2O2.C9H10O4.3CH4/c1-20(2,3)26-19(23)21-11-7-8-15(13-21)12-16(22)14-25-18-10-6-5-9-17(18)24-4;1-10(2,3)14-9(13)12-6-4-5-8(11)7-12;1-12-7-4-2-3-5-8(7)13-6-9(10)11;;;/h5-6,9-10,15H,7-8,11-14H2,1-4H3;8H,4-7,11H2,1-3H3;2-5H,6H2,1H3,(H,10,11);3*1H4. The molecule has 2 aromatic carbocycles. The van der Waals surface area contributed by atoms with Crippen molar-refractivity contribution in [1.82, 2.24) is 9.80 Å². The Labute approximate surface area is 335 Å². The molecule has 2 heterocycles. The molecule has 0 aliphatic carbocycles. The van der Waals surface area contributed by atoms with Crippen LogP contribution in [-0.4, -0.2) is 110 Å². The van der Waals surface area contributed by atoms with Gasteiger partial charge in [-0.25, -0.2) is 14.4 Å². The number of carbonyl (C=O) groups is 4. The lowest BCUT2D eigenvalue weighted by Gasteiger charge is -2.33. The number of piperidine rings is 2. The number of hydrogen-bond donors (Lipinski definition) is 2. The molecule has 2 aromatic rings. The summed E-state index contributed by atoms with van der Waals surface area (Å²) in [4.78, 5) is 49.7. The Kier molecular flexibility index (Phi) is 25.0. The topological polar surface area (TPSA) is 176 Å². The second kappa shape index (κ2) is 26.2. The minimum atomic E-state index is -1.01. The van der Waals surface area contributed by atoms with E-state index in [1.54, 1.807) is 53.3 Å². The predicted octanol–water partition coefficient (Wildman–Crippen LogP) is 8.09. The maximum atomic E-state index is 12.3. The predicted molar refractivity (Wildman–Crippen MR) is 220 cm³/mol. The summed E-state index contributed by atoms with van der Waals surface area (Å²) in [6, 6.07) is 14.3. The number of nitrogens with two attached hydrogens (primary N) is 1. The largest absolute Gasteiger partial charge is 0.493 e. The molecule has 4 rings (SSSR count). The quantitative estimate of drug-likeness (QED) is 0.237. The van der Waals surface area contributed by atoms with Gasteiger partial charge in [-0.2, -0.15) is 0 Å². The number of carboxylic acids is 1. The van der Waals surface area contributed by atoms with Crippen LogP contribution in [0.1, 0.15) is 95.9 Å². The fourth-order valence-electron chi connectivity index (χ4n) is 5.38. The number of Topliss-reactive ketones (excluding diaryl/α,β-unsaturated/α-hetero) is 1. The molecule has 14 heteroatoms. The van der Waals surface area contributed by atoms with Crippen LogP contribution in [0.2, 0.25) is 0 Å². The number of benzene rings is 2. The molecule has 0 saturated carbocycles. The number of carbonyl (C=O) groups excluding carboxylic acids is 3. The fraction of sp³-hybridized carbons (Fsp3) is 0.619. The van der Waals surface area contributed by atoms with Crippen LogP contribution in [0.25, 0.3) is 0 Å². The van der Waals surface area contributed by atoms with Gasteiger partial charge in [-0.15, -0.1) is 0 Å². The van der Waals surface area contributed by atoms with E-state index in [1.807, 2.05) is 53.7 Å².